The largest absolute Gasteiger partial charge is 0.481 e. The zero-order valence-corrected chi connectivity index (χ0v) is 12.7. The Hall–Kier alpha value is -1.46. The predicted molar refractivity (Wildman–Crippen MR) is 79.6 cm³/mol. The number of carboxylic acids is 1. The van der Waals surface area contributed by atoms with Crippen LogP contribution in [0.3, 0.4) is 0 Å². The molecule has 0 saturated heterocycles. The lowest BCUT2D eigenvalue weighted by Gasteiger charge is -2.26. The predicted octanol–water partition coefficient (Wildman–Crippen LogP) is 3.71. The van der Waals surface area contributed by atoms with Crippen LogP contribution < -0.4 is 5.32 Å². The van der Waals surface area contributed by atoms with E-state index in [0.717, 1.165) is 0 Å². The van der Waals surface area contributed by atoms with Gasteiger partial charge >= 0.3 is 12.0 Å². The first-order valence-corrected chi connectivity index (χ1v) is 6.81. The minimum absolute atomic E-state index is 0.116. The number of rotatable bonds is 5. The molecule has 0 unspecified atom stereocenters. The van der Waals surface area contributed by atoms with Gasteiger partial charge in [-0.2, -0.15) is 0 Å². The molecule has 1 aromatic carbocycles. The maximum absolute atomic E-state index is 12.2. The molecule has 1 aromatic rings. The van der Waals surface area contributed by atoms with E-state index < -0.39 is 12.0 Å². The first-order valence-electron chi connectivity index (χ1n) is 6.05. The van der Waals surface area contributed by atoms with E-state index in [1.807, 2.05) is 0 Å². The van der Waals surface area contributed by atoms with Gasteiger partial charge in [0.25, 0.3) is 0 Å². The summed E-state index contributed by atoms with van der Waals surface area (Å²) in [5.74, 6) is -0.954. The highest BCUT2D eigenvalue weighted by Gasteiger charge is 2.18. The van der Waals surface area contributed by atoms with Gasteiger partial charge in [0.2, 0.25) is 0 Å². The molecule has 0 fully saturated rings. The second kappa shape index (κ2) is 7.36. The third-order valence-corrected chi connectivity index (χ3v) is 3.19. The van der Waals surface area contributed by atoms with Crippen LogP contribution in [0, 0.1) is 0 Å². The molecule has 0 aliphatic carbocycles. The van der Waals surface area contributed by atoms with Crippen LogP contribution in [-0.2, 0) is 4.79 Å². The molecule has 0 spiro atoms. The van der Waals surface area contributed by atoms with Gasteiger partial charge in [-0.3, -0.25) is 4.79 Å². The molecule has 0 heterocycles. The maximum atomic E-state index is 12.2. The van der Waals surface area contributed by atoms with Crippen molar-refractivity contribution in [2.75, 3.05) is 11.9 Å². The van der Waals surface area contributed by atoms with E-state index in [9.17, 15) is 9.59 Å². The number of aliphatic carboxylic acids is 1. The van der Waals surface area contributed by atoms with Gasteiger partial charge in [0.15, 0.2) is 0 Å². The quantitative estimate of drug-likeness (QED) is 0.869. The minimum Gasteiger partial charge on any atom is -0.481 e. The number of nitrogens with zero attached hydrogens (tertiary/aromatic N) is 1. The number of carbonyl (C=O) groups excluding carboxylic acids is 1. The van der Waals surface area contributed by atoms with Crippen molar-refractivity contribution in [1.29, 1.82) is 0 Å². The highest BCUT2D eigenvalue weighted by Crippen LogP contribution is 2.25. The Balaban J connectivity index is 2.80. The van der Waals surface area contributed by atoms with E-state index in [-0.39, 0.29) is 19.0 Å². The van der Waals surface area contributed by atoms with Crippen molar-refractivity contribution >= 4 is 40.9 Å². The van der Waals surface area contributed by atoms with E-state index in [0.29, 0.717) is 15.7 Å². The third-order valence-electron chi connectivity index (χ3n) is 2.62. The van der Waals surface area contributed by atoms with Gasteiger partial charge in [0, 0.05) is 17.6 Å². The van der Waals surface area contributed by atoms with Crippen LogP contribution >= 0.6 is 23.2 Å². The second-order valence-corrected chi connectivity index (χ2v) is 5.33. The molecule has 0 aliphatic rings. The summed E-state index contributed by atoms with van der Waals surface area (Å²) in [5, 5.41) is 12.1. The van der Waals surface area contributed by atoms with Gasteiger partial charge in [-0.1, -0.05) is 23.2 Å². The van der Waals surface area contributed by atoms with Crippen LogP contribution in [0.25, 0.3) is 0 Å². The zero-order valence-electron chi connectivity index (χ0n) is 11.2. The molecule has 5 nitrogen and oxygen atoms in total. The number of carboxylic acid groups (broad SMARTS) is 1. The smallest absolute Gasteiger partial charge is 0.322 e. The van der Waals surface area contributed by atoms with Gasteiger partial charge in [0.1, 0.15) is 0 Å². The number of benzene rings is 1. The van der Waals surface area contributed by atoms with E-state index in [1.165, 1.54) is 11.0 Å². The van der Waals surface area contributed by atoms with Crippen LogP contribution in [0.15, 0.2) is 18.2 Å². The van der Waals surface area contributed by atoms with Gasteiger partial charge in [0.05, 0.1) is 17.1 Å². The molecule has 110 valence electrons. The summed E-state index contributed by atoms with van der Waals surface area (Å²) >= 11 is 11.8. The van der Waals surface area contributed by atoms with Gasteiger partial charge < -0.3 is 15.3 Å². The topological polar surface area (TPSA) is 69.6 Å². The normalized spacial score (nSPS) is 10.4. The summed E-state index contributed by atoms with van der Waals surface area (Å²) in [5.41, 5.74) is 0.394. The lowest BCUT2D eigenvalue weighted by Crippen LogP contribution is -2.41. The van der Waals surface area contributed by atoms with Gasteiger partial charge in [-0.15, -0.1) is 0 Å². The van der Waals surface area contributed by atoms with Crippen molar-refractivity contribution in [1.82, 2.24) is 4.90 Å². The standard InChI is InChI=1S/C13H16Cl2N2O3/c1-8(2)17(6-5-12(18)19)13(20)16-11-7-9(14)3-4-10(11)15/h3-4,7-8H,5-6H2,1-2H3,(H,16,20)(H,18,19). The molecule has 0 bridgehead atoms. The van der Waals surface area contributed by atoms with Crippen molar-refractivity contribution in [2.45, 2.75) is 26.3 Å². The number of amides is 2. The summed E-state index contributed by atoms with van der Waals surface area (Å²) in [6, 6.07) is 4.19. The molecule has 20 heavy (non-hydrogen) atoms. The molecule has 0 aromatic heterocycles. The Morgan fingerprint density at radius 1 is 1.35 bits per heavy atom. The highest BCUT2D eigenvalue weighted by molar-refractivity contribution is 6.35. The molecule has 2 amide bonds. The van der Waals surface area contributed by atoms with Gasteiger partial charge in [-0.25, -0.2) is 4.79 Å². The number of hydrogen-bond donors (Lipinski definition) is 2. The summed E-state index contributed by atoms with van der Waals surface area (Å²) in [4.78, 5) is 24.2. The van der Waals surface area contributed by atoms with Crippen LogP contribution in [0.1, 0.15) is 20.3 Å². The molecule has 2 N–H and O–H groups in total. The number of anilines is 1. The Morgan fingerprint density at radius 3 is 2.55 bits per heavy atom. The molecule has 7 heteroatoms. The maximum Gasteiger partial charge on any atom is 0.322 e. The molecule has 0 saturated carbocycles. The van der Waals surface area contributed by atoms with Crippen LogP contribution in [0.4, 0.5) is 10.5 Å². The van der Waals surface area contributed by atoms with Crippen LogP contribution in [0.5, 0.6) is 0 Å². The van der Waals surface area contributed by atoms with Crippen LogP contribution in [0.2, 0.25) is 10.0 Å². The summed E-state index contributed by atoms with van der Waals surface area (Å²) in [6.45, 7) is 3.74. The number of hydrogen-bond acceptors (Lipinski definition) is 2. The molecule has 0 aliphatic heterocycles. The SMILES string of the molecule is CC(C)N(CCC(=O)O)C(=O)Nc1cc(Cl)ccc1Cl. The molecule has 0 radical (unpaired) electrons. The fourth-order valence-electron chi connectivity index (χ4n) is 1.59. The summed E-state index contributed by atoms with van der Waals surface area (Å²) in [7, 11) is 0. The van der Waals surface area contributed by atoms with Crippen molar-refractivity contribution < 1.29 is 14.7 Å². The van der Waals surface area contributed by atoms with Crippen molar-refractivity contribution in [2.24, 2.45) is 0 Å². The zero-order chi connectivity index (χ0) is 15.3. The number of urea groups is 1. The van der Waals surface area contributed by atoms with E-state index in [4.69, 9.17) is 28.3 Å². The minimum atomic E-state index is -0.954. The number of nitrogens with one attached hydrogen (secondary N) is 1. The van der Waals surface area contributed by atoms with Crippen molar-refractivity contribution in [3.05, 3.63) is 28.2 Å². The fourth-order valence-corrected chi connectivity index (χ4v) is 1.93. The Bertz CT molecular complexity index is 506. The van der Waals surface area contributed by atoms with E-state index in [1.54, 1.807) is 26.0 Å². The Kier molecular flexibility index (Phi) is 6.10. The Morgan fingerprint density at radius 2 is 2.00 bits per heavy atom. The molecule has 0 atom stereocenters. The monoisotopic (exact) mass is 318 g/mol. The van der Waals surface area contributed by atoms with Crippen molar-refractivity contribution in [3.8, 4) is 0 Å². The summed E-state index contributed by atoms with van der Waals surface area (Å²) < 4.78 is 0. The number of carbonyl (C=O) groups is 2. The number of halogens is 2. The van der Waals surface area contributed by atoms with Crippen molar-refractivity contribution in [3.63, 3.8) is 0 Å². The fraction of sp³-hybridized carbons (Fsp3) is 0.385. The Labute approximate surface area is 127 Å². The lowest BCUT2D eigenvalue weighted by molar-refractivity contribution is -0.137. The molecular formula is C13H16Cl2N2O3. The van der Waals surface area contributed by atoms with Crippen LogP contribution in [-0.4, -0.2) is 34.6 Å². The van der Waals surface area contributed by atoms with E-state index in [2.05, 4.69) is 5.32 Å². The first kappa shape index (κ1) is 16.6. The highest BCUT2D eigenvalue weighted by atomic mass is 35.5. The second-order valence-electron chi connectivity index (χ2n) is 4.49. The van der Waals surface area contributed by atoms with E-state index >= 15 is 0 Å². The average molecular weight is 319 g/mol. The molecule has 1 rings (SSSR count). The average Bonchev–Trinajstić information content (AvgIpc) is 2.33. The third kappa shape index (κ3) is 4.90. The molecular weight excluding hydrogens is 303 g/mol. The van der Waals surface area contributed by atoms with Gasteiger partial charge in [-0.05, 0) is 32.0 Å². The summed E-state index contributed by atoms with van der Waals surface area (Å²) in [6.07, 6.45) is -0.116. The first-order chi connectivity index (χ1) is 9.31. The lowest BCUT2D eigenvalue weighted by atomic mass is 10.3.